The van der Waals surface area contributed by atoms with Gasteiger partial charge in [-0.3, -0.25) is 14.3 Å². The number of nitrogens with one attached hydrogen (secondary N) is 2. The van der Waals surface area contributed by atoms with E-state index in [2.05, 4.69) is 20.0 Å². The predicted octanol–water partition coefficient (Wildman–Crippen LogP) is 3.53. The molecule has 0 saturated carbocycles. The summed E-state index contributed by atoms with van der Waals surface area (Å²) < 4.78 is 27.4. The van der Waals surface area contributed by atoms with Gasteiger partial charge in [0, 0.05) is 17.6 Å². The Bertz CT molecular complexity index is 1340. The number of anilines is 2. The van der Waals surface area contributed by atoms with Crippen molar-refractivity contribution in [3.8, 4) is 0 Å². The van der Waals surface area contributed by atoms with Gasteiger partial charge in [0.25, 0.3) is 10.0 Å². The molecule has 2 aromatic heterocycles. The van der Waals surface area contributed by atoms with E-state index in [0.29, 0.717) is 11.4 Å². The number of carbonyl (C=O) groups excluding carboxylic acids is 2. The van der Waals surface area contributed by atoms with Gasteiger partial charge in [-0.15, -0.1) is 0 Å². The third-order valence-corrected chi connectivity index (χ3v) is 6.21. The molecule has 10 heteroatoms. The molecular weight excluding hydrogens is 440 g/mol. The highest BCUT2D eigenvalue weighted by Crippen LogP contribution is 2.29. The molecule has 2 heterocycles. The second-order valence-electron chi connectivity index (χ2n) is 6.67. The Morgan fingerprint density at radius 3 is 2.35 bits per heavy atom. The molecule has 0 amide bonds. The molecule has 0 unspecified atom stereocenters. The number of pyridine rings is 2. The smallest absolute Gasteiger partial charge is 0.263 e. The molecule has 31 heavy (non-hydrogen) atoms. The number of carbonyl (C=O) groups is 2. The topological polar surface area (TPSA) is 118 Å². The SMILES string of the molecule is Cc1ccc2c(n1)C(=O)C(Cl)=C(Nc1ccc(S(=O)(=O)Nc3ccccn3)cc1)C2=O. The van der Waals surface area contributed by atoms with E-state index in [1.807, 2.05) is 0 Å². The maximum atomic E-state index is 12.8. The number of halogens is 1. The molecular formula is C21H15ClN4O4S. The van der Waals surface area contributed by atoms with Crippen LogP contribution in [0.4, 0.5) is 11.5 Å². The Balaban J connectivity index is 1.58. The second kappa shape index (κ2) is 7.93. The number of aromatic nitrogens is 2. The first-order valence-electron chi connectivity index (χ1n) is 9.04. The minimum Gasteiger partial charge on any atom is -0.351 e. The van der Waals surface area contributed by atoms with Crippen LogP contribution in [0.1, 0.15) is 26.5 Å². The maximum Gasteiger partial charge on any atom is 0.263 e. The van der Waals surface area contributed by atoms with Crippen molar-refractivity contribution in [2.24, 2.45) is 0 Å². The Morgan fingerprint density at radius 1 is 0.935 bits per heavy atom. The summed E-state index contributed by atoms with van der Waals surface area (Å²) in [5, 5.41) is 2.54. The molecule has 156 valence electrons. The number of sulfonamides is 1. The van der Waals surface area contributed by atoms with E-state index >= 15 is 0 Å². The second-order valence-corrected chi connectivity index (χ2v) is 8.73. The Kier molecular flexibility index (Phi) is 5.30. The van der Waals surface area contributed by atoms with Crippen LogP contribution in [-0.2, 0) is 10.0 Å². The van der Waals surface area contributed by atoms with Crippen LogP contribution in [0.25, 0.3) is 0 Å². The molecule has 0 spiro atoms. The van der Waals surface area contributed by atoms with Gasteiger partial charge < -0.3 is 5.32 Å². The number of nitrogens with zero attached hydrogens (tertiary/aromatic N) is 2. The molecule has 0 saturated heterocycles. The van der Waals surface area contributed by atoms with Crippen molar-refractivity contribution in [2.75, 3.05) is 10.0 Å². The van der Waals surface area contributed by atoms with E-state index in [0.717, 1.165) is 0 Å². The van der Waals surface area contributed by atoms with Crippen molar-refractivity contribution in [3.05, 3.63) is 88.5 Å². The molecule has 4 rings (SSSR count). The van der Waals surface area contributed by atoms with Gasteiger partial charge in [0.2, 0.25) is 11.6 Å². The van der Waals surface area contributed by atoms with E-state index in [9.17, 15) is 18.0 Å². The van der Waals surface area contributed by atoms with Gasteiger partial charge in [-0.25, -0.2) is 18.4 Å². The number of Topliss-reactive ketones (excluding diaryl/α,β-unsaturated/α-hetero) is 2. The van der Waals surface area contributed by atoms with Gasteiger partial charge in [-0.2, -0.15) is 0 Å². The molecule has 1 aliphatic rings. The fourth-order valence-corrected chi connectivity index (χ4v) is 4.19. The Morgan fingerprint density at radius 2 is 1.68 bits per heavy atom. The quantitative estimate of drug-likeness (QED) is 0.605. The van der Waals surface area contributed by atoms with Gasteiger partial charge in [-0.1, -0.05) is 17.7 Å². The summed E-state index contributed by atoms with van der Waals surface area (Å²) in [6.07, 6.45) is 1.47. The molecule has 0 atom stereocenters. The molecule has 1 aliphatic carbocycles. The zero-order chi connectivity index (χ0) is 22.2. The zero-order valence-electron chi connectivity index (χ0n) is 16.1. The molecule has 0 radical (unpaired) electrons. The fourth-order valence-electron chi connectivity index (χ4n) is 2.96. The van der Waals surface area contributed by atoms with Crippen LogP contribution < -0.4 is 10.0 Å². The number of allylic oxidation sites excluding steroid dienone is 2. The third kappa shape index (κ3) is 4.05. The summed E-state index contributed by atoms with van der Waals surface area (Å²) in [6, 6.07) is 13.7. The van der Waals surface area contributed by atoms with Gasteiger partial charge in [-0.05, 0) is 55.5 Å². The summed E-state index contributed by atoms with van der Waals surface area (Å²) in [5.74, 6) is -0.836. The molecule has 8 nitrogen and oxygen atoms in total. The van der Waals surface area contributed by atoms with Crippen molar-refractivity contribution in [2.45, 2.75) is 11.8 Å². The third-order valence-electron chi connectivity index (χ3n) is 4.48. The van der Waals surface area contributed by atoms with Crippen LogP contribution in [0.3, 0.4) is 0 Å². The lowest BCUT2D eigenvalue weighted by Gasteiger charge is -2.18. The van der Waals surface area contributed by atoms with E-state index in [4.69, 9.17) is 11.6 Å². The van der Waals surface area contributed by atoms with Crippen LogP contribution in [-0.4, -0.2) is 30.0 Å². The summed E-state index contributed by atoms with van der Waals surface area (Å²) in [5.41, 5.74) is 1.06. The minimum absolute atomic E-state index is 0.000141. The molecule has 0 aliphatic heterocycles. The lowest BCUT2D eigenvalue weighted by Crippen LogP contribution is -2.25. The molecule has 3 aromatic rings. The fraction of sp³-hybridized carbons (Fsp3) is 0.0476. The van der Waals surface area contributed by atoms with Gasteiger partial charge in [0.05, 0.1) is 10.5 Å². The minimum atomic E-state index is -3.85. The molecule has 0 fully saturated rings. The first-order valence-corrected chi connectivity index (χ1v) is 10.9. The van der Waals surface area contributed by atoms with Gasteiger partial charge >= 0.3 is 0 Å². The highest BCUT2D eigenvalue weighted by molar-refractivity contribution is 7.92. The molecule has 1 aromatic carbocycles. The van der Waals surface area contributed by atoms with E-state index in [-0.39, 0.29) is 32.7 Å². The number of benzene rings is 1. The predicted molar refractivity (Wildman–Crippen MR) is 116 cm³/mol. The van der Waals surface area contributed by atoms with Crippen LogP contribution in [0.15, 0.2) is 76.4 Å². The average molecular weight is 455 g/mol. The lowest BCUT2D eigenvalue weighted by molar-refractivity contribution is 0.0978. The number of ketones is 2. The van der Waals surface area contributed by atoms with Crippen LogP contribution in [0.5, 0.6) is 0 Å². The van der Waals surface area contributed by atoms with Gasteiger partial charge in [0.15, 0.2) is 0 Å². The number of aryl methyl sites for hydroxylation is 1. The average Bonchev–Trinajstić information content (AvgIpc) is 2.76. The normalized spacial score (nSPS) is 13.7. The summed E-state index contributed by atoms with van der Waals surface area (Å²) in [6.45, 7) is 1.71. The van der Waals surface area contributed by atoms with Gasteiger partial charge in [0.1, 0.15) is 22.2 Å². The Hall–Kier alpha value is -3.56. The van der Waals surface area contributed by atoms with Crippen molar-refractivity contribution in [1.82, 2.24) is 9.97 Å². The first kappa shape index (κ1) is 20.7. The van der Waals surface area contributed by atoms with Crippen LogP contribution in [0, 0.1) is 6.92 Å². The van der Waals surface area contributed by atoms with Crippen LogP contribution in [0.2, 0.25) is 0 Å². The summed E-state index contributed by atoms with van der Waals surface area (Å²) >= 11 is 6.15. The van der Waals surface area contributed by atoms with Crippen molar-refractivity contribution in [1.29, 1.82) is 0 Å². The first-order chi connectivity index (χ1) is 14.8. The zero-order valence-corrected chi connectivity index (χ0v) is 17.7. The van der Waals surface area contributed by atoms with E-state index in [1.54, 1.807) is 25.1 Å². The molecule has 0 bridgehead atoms. The standard InChI is InChI=1S/C21H15ClN4O4S/c1-12-5-10-15-18(24-12)21(28)17(22)19(20(15)27)25-13-6-8-14(9-7-13)31(29,30)26-16-4-2-3-11-23-16/h2-11,25H,1H3,(H,23,26). The Labute approximate surface area is 183 Å². The van der Waals surface area contributed by atoms with E-state index in [1.165, 1.54) is 42.6 Å². The molecule has 2 N–H and O–H groups in total. The maximum absolute atomic E-state index is 12.8. The van der Waals surface area contributed by atoms with Crippen molar-refractivity contribution < 1.29 is 18.0 Å². The van der Waals surface area contributed by atoms with Crippen molar-refractivity contribution in [3.63, 3.8) is 0 Å². The number of hydrogen-bond donors (Lipinski definition) is 2. The largest absolute Gasteiger partial charge is 0.351 e. The summed E-state index contributed by atoms with van der Waals surface area (Å²) in [7, 11) is -3.85. The number of fused-ring (bicyclic) bond motifs is 1. The highest BCUT2D eigenvalue weighted by Gasteiger charge is 2.33. The van der Waals surface area contributed by atoms with Crippen molar-refractivity contribution >= 4 is 44.7 Å². The van der Waals surface area contributed by atoms with E-state index < -0.39 is 21.6 Å². The monoisotopic (exact) mass is 454 g/mol. The highest BCUT2D eigenvalue weighted by atomic mass is 35.5. The summed E-state index contributed by atoms with van der Waals surface area (Å²) in [4.78, 5) is 33.4. The number of rotatable bonds is 5. The van der Waals surface area contributed by atoms with Crippen LogP contribution >= 0.6 is 11.6 Å². The lowest BCUT2D eigenvalue weighted by atomic mass is 9.96. The number of hydrogen-bond acceptors (Lipinski definition) is 7.